The lowest BCUT2D eigenvalue weighted by molar-refractivity contribution is 0.388. The molecule has 0 bridgehead atoms. The van der Waals surface area contributed by atoms with Crippen molar-refractivity contribution in [2.24, 2.45) is 0 Å². The largest absolute Gasteiger partial charge is 0.309 e. The van der Waals surface area contributed by atoms with E-state index in [-0.39, 0.29) is 0 Å². The Hall–Kier alpha value is 0.140. The zero-order valence-electron chi connectivity index (χ0n) is 5.43. The van der Waals surface area contributed by atoms with Crippen molar-refractivity contribution in [3.8, 4) is 0 Å². The quantitative estimate of drug-likeness (QED) is 0.763. The number of hydrogen-bond acceptors (Lipinski definition) is 2. The molecule has 2 heterocycles. The van der Waals surface area contributed by atoms with Gasteiger partial charge in [0.2, 0.25) is 0 Å². The second-order valence-corrected chi connectivity index (χ2v) is 4.23. The SMILES string of the molecule is Brc1ccsc1[C@H]1CCN1. The Morgan fingerprint density at radius 1 is 1.70 bits per heavy atom. The topological polar surface area (TPSA) is 12.0 Å². The van der Waals surface area contributed by atoms with Gasteiger partial charge in [0.05, 0.1) is 0 Å². The van der Waals surface area contributed by atoms with Crippen molar-refractivity contribution in [1.29, 1.82) is 0 Å². The lowest BCUT2D eigenvalue weighted by Crippen LogP contribution is -2.34. The van der Waals surface area contributed by atoms with E-state index in [1.165, 1.54) is 22.3 Å². The third-order valence-corrected chi connectivity index (χ3v) is 3.77. The molecule has 1 aromatic heterocycles. The molecule has 0 radical (unpaired) electrons. The molecule has 10 heavy (non-hydrogen) atoms. The molecular weight excluding hydrogens is 210 g/mol. The second-order valence-electron chi connectivity index (χ2n) is 2.43. The van der Waals surface area contributed by atoms with Crippen molar-refractivity contribution in [2.75, 3.05) is 6.54 Å². The fourth-order valence-electron chi connectivity index (χ4n) is 1.07. The number of hydrogen-bond donors (Lipinski definition) is 1. The highest BCUT2D eigenvalue weighted by molar-refractivity contribution is 9.10. The first-order chi connectivity index (χ1) is 4.88. The van der Waals surface area contributed by atoms with Crippen LogP contribution in [0.2, 0.25) is 0 Å². The predicted octanol–water partition coefficient (Wildman–Crippen LogP) is 2.54. The van der Waals surface area contributed by atoms with Gasteiger partial charge in [0.1, 0.15) is 0 Å². The first-order valence-electron chi connectivity index (χ1n) is 3.34. The van der Waals surface area contributed by atoms with Crippen LogP contribution in [0.5, 0.6) is 0 Å². The number of rotatable bonds is 1. The van der Waals surface area contributed by atoms with Crippen molar-refractivity contribution < 1.29 is 0 Å². The van der Waals surface area contributed by atoms with Crippen molar-refractivity contribution in [2.45, 2.75) is 12.5 Å². The zero-order chi connectivity index (χ0) is 6.97. The summed E-state index contributed by atoms with van der Waals surface area (Å²) in [6.07, 6.45) is 1.29. The van der Waals surface area contributed by atoms with E-state index >= 15 is 0 Å². The molecule has 1 aromatic rings. The standard InChI is InChI=1S/C7H8BrNS/c8-5-2-4-10-7(5)6-1-3-9-6/h2,4,6,9H,1,3H2/t6-/m1/s1. The smallest absolute Gasteiger partial charge is 0.0438 e. The van der Waals surface area contributed by atoms with Gasteiger partial charge in [-0.15, -0.1) is 11.3 Å². The fourth-order valence-corrected chi connectivity index (χ4v) is 2.83. The molecule has 1 saturated heterocycles. The van der Waals surface area contributed by atoms with Crippen LogP contribution in [-0.2, 0) is 0 Å². The van der Waals surface area contributed by atoms with Crippen LogP contribution < -0.4 is 5.32 Å². The van der Waals surface area contributed by atoms with Gasteiger partial charge in [0.15, 0.2) is 0 Å². The van der Waals surface area contributed by atoms with E-state index in [4.69, 9.17) is 0 Å². The summed E-state index contributed by atoms with van der Waals surface area (Å²) in [7, 11) is 0. The number of nitrogens with one attached hydrogen (secondary N) is 1. The van der Waals surface area contributed by atoms with Crippen LogP contribution in [0.3, 0.4) is 0 Å². The van der Waals surface area contributed by atoms with Gasteiger partial charge >= 0.3 is 0 Å². The van der Waals surface area contributed by atoms with Crippen LogP contribution in [0, 0.1) is 0 Å². The molecule has 1 fully saturated rings. The highest BCUT2D eigenvalue weighted by Gasteiger charge is 2.21. The Kier molecular flexibility index (Phi) is 1.80. The molecule has 1 aliphatic heterocycles. The maximum absolute atomic E-state index is 3.51. The average Bonchev–Trinajstić information content (AvgIpc) is 2.12. The Morgan fingerprint density at radius 3 is 2.90 bits per heavy atom. The van der Waals surface area contributed by atoms with Gasteiger partial charge in [0, 0.05) is 15.4 Å². The summed E-state index contributed by atoms with van der Waals surface area (Å²) in [5.74, 6) is 0. The van der Waals surface area contributed by atoms with E-state index in [1.54, 1.807) is 0 Å². The zero-order valence-corrected chi connectivity index (χ0v) is 7.83. The Balaban J connectivity index is 2.23. The average molecular weight is 218 g/mol. The van der Waals surface area contributed by atoms with E-state index in [9.17, 15) is 0 Å². The molecule has 0 saturated carbocycles. The summed E-state index contributed by atoms with van der Waals surface area (Å²) in [6, 6.07) is 2.74. The van der Waals surface area contributed by atoms with Gasteiger partial charge in [0.25, 0.3) is 0 Å². The minimum absolute atomic E-state index is 0.634. The van der Waals surface area contributed by atoms with Crippen molar-refractivity contribution >= 4 is 27.3 Å². The molecule has 0 unspecified atom stereocenters. The third-order valence-electron chi connectivity index (χ3n) is 1.79. The highest BCUT2D eigenvalue weighted by Crippen LogP contribution is 2.33. The van der Waals surface area contributed by atoms with E-state index in [2.05, 4.69) is 32.7 Å². The summed E-state index contributed by atoms with van der Waals surface area (Å²) in [4.78, 5) is 1.45. The summed E-state index contributed by atoms with van der Waals surface area (Å²) >= 11 is 5.34. The first-order valence-corrected chi connectivity index (χ1v) is 5.01. The van der Waals surface area contributed by atoms with Gasteiger partial charge in [-0.05, 0) is 40.3 Å². The Morgan fingerprint density at radius 2 is 2.50 bits per heavy atom. The van der Waals surface area contributed by atoms with E-state index < -0.39 is 0 Å². The molecule has 1 atom stereocenters. The van der Waals surface area contributed by atoms with Crippen LogP contribution >= 0.6 is 27.3 Å². The maximum atomic E-state index is 3.51. The maximum Gasteiger partial charge on any atom is 0.0438 e. The molecule has 3 heteroatoms. The van der Waals surface area contributed by atoms with Crippen LogP contribution in [0.15, 0.2) is 15.9 Å². The van der Waals surface area contributed by atoms with Crippen LogP contribution in [0.4, 0.5) is 0 Å². The van der Waals surface area contributed by atoms with Crippen LogP contribution in [-0.4, -0.2) is 6.54 Å². The monoisotopic (exact) mass is 217 g/mol. The lowest BCUT2D eigenvalue weighted by atomic mass is 10.1. The van der Waals surface area contributed by atoms with Crippen molar-refractivity contribution in [3.05, 3.63) is 20.8 Å². The fraction of sp³-hybridized carbons (Fsp3) is 0.429. The van der Waals surface area contributed by atoms with Gasteiger partial charge in [-0.1, -0.05) is 0 Å². The molecule has 1 nitrogen and oxygen atoms in total. The summed E-state index contributed by atoms with van der Waals surface area (Å²) in [6.45, 7) is 1.18. The van der Waals surface area contributed by atoms with Crippen molar-refractivity contribution in [3.63, 3.8) is 0 Å². The Labute approximate surface area is 72.6 Å². The van der Waals surface area contributed by atoms with Gasteiger partial charge < -0.3 is 5.32 Å². The minimum Gasteiger partial charge on any atom is -0.309 e. The Bertz CT molecular complexity index is 229. The molecule has 54 valence electrons. The highest BCUT2D eigenvalue weighted by atomic mass is 79.9. The van der Waals surface area contributed by atoms with Crippen LogP contribution in [0.25, 0.3) is 0 Å². The molecule has 0 spiro atoms. The predicted molar refractivity (Wildman–Crippen MR) is 47.4 cm³/mol. The van der Waals surface area contributed by atoms with E-state index in [0.717, 1.165) is 0 Å². The number of thiophene rings is 1. The summed E-state index contributed by atoms with van der Waals surface area (Å²) in [5, 5.41) is 5.49. The first kappa shape index (κ1) is 6.83. The minimum atomic E-state index is 0.634. The molecular formula is C7H8BrNS. The lowest BCUT2D eigenvalue weighted by Gasteiger charge is -2.26. The normalized spacial score (nSPS) is 24.3. The summed E-state index contributed by atoms with van der Waals surface area (Å²) in [5.41, 5.74) is 0. The van der Waals surface area contributed by atoms with Gasteiger partial charge in [-0.25, -0.2) is 0 Å². The van der Waals surface area contributed by atoms with Gasteiger partial charge in [-0.3, -0.25) is 0 Å². The molecule has 0 aromatic carbocycles. The van der Waals surface area contributed by atoms with Gasteiger partial charge in [-0.2, -0.15) is 0 Å². The van der Waals surface area contributed by atoms with Crippen molar-refractivity contribution in [1.82, 2.24) is 5.32 Å². The third kappa shape index (κ3) is 1.02. The number of halogens is 1. The second kappa shape index (κ2) is 2.64. The van der Waals surface area contributed by atoms with E-state index in [1.807, 2.05) is 11.3 Å². The molecule has 0 aliphatic carbocycles. The molecule has 2 rings (SSSR count). The van der Waals surface area contributed by atoms with E-state index in [0.29, 0.717) is 6.04 Å². The molecule has 1 aliphatic rings. The molecule has 1 N–H and O–H groups in total. The molecule has 0 amide bonds. The van der Waals surface area contributed by atoms with Crippen LogP contribution in [0.1, 0.15) is 17.3 Å². The summed E-state index contributed by atoms with van der Waals surface area (Å²) < 4.78 is 1.26.